The van der Waals surface area contributed by atoms with Crippen molar-refractivity contribution in [3.63, 3.8) is 0 Å². The van der Waals surface area contributed by atoms with Crippen LogP contribution >= 0.6 is 0 Å². The molecule has 3 heterocycles. The normalized spacial score (nSPS) is 13.7. The molecule has 4 rings (SSSR count). The fourth-order valence-electron chi connectivity index (χ4n) is 3.43. The first-order valence-electron chi connectivity index (χ1n) is 8.54. The number of aromatic amines is 1. The van der Waals surface area contributed by atoms with Crippen LogP contribution in [0.3, 0.4) is 0 Å². The summed E-state index contributed by atoms with van der Waals surface area (Å²) in [5, 5.41) is 10.3. The highest BCUT2D eigenvalue weighted by Gasteiger charge is 2.16. The van der Waals surface area contributed by atoms with E-state index in [9.17, 15) is 9.90 Å². The number of nitrogens with zero attached hydrogens (tertiary/aromatic N) is 3. The van der Waals surface area contributed by atoms with Crippen LogP contribution in [-0.2, 0) is 12.8 Å². The van der Waals surface area contributed by atoms with Crippen LogP contribution in [0, 0.1) is 0 Å². The van der Waals surface area contributed by atoms with Gasteiger partial charge in [-0.3, -0.25) is 4.79 Å². The van der Waals surface area contributed by atoms with Crippen LogP contribution in [0.15, 0.2) is 29.2 Å². The smallest absolute Gasteiger partial charge is 0.258 e. The van der Waals surface area contributed by atoms with E-state index in [1.807, 2.05) is 13.2 Å². The van der Waals surface area contributed by atoms with Crippen molar-refractivity contribution in [2.75, 3.05) is 25.6 Å². The summed E-state index contributed by atoms with van der Waals surface area (Å²) in [5.41, 5.74) is 2.41. The van der Waals surface area contributed by atoms with E-state index in [1.165, 1.54) is 24.8 Å². The van der Waals surface area contributed by atoms with E-state index in [-0.39, 0.29) is 17.1 Å². The van der Waals surface area contributed by atoms with Crippen LogP contribution in [0.1, 0.15) is 23.4 Å². The molecular formula is C19H20N4O3. The quantitative estimate of drug-likeness (QED) is 0.749. The molecule has 2 N–H and O–H groups in total. The Morgan fingerprint density at radius 1 is 1.35 bits per heavy atom. The van der Waals surface area contributed by atoms with Crippen molar-refractivity contribution < 1.29 is 9.84 Å². The number of aromatic hydroxyl groups is 1. The number of H-pyrrole nitrogens is 1. The van der Waals surface area contributed by atoms with Gasteiger partial charge in [0, 0.05) is 32.3 Å². The van der Waals surface area contributed by atoms with E-state index in [2.05, 4.69) is 25.9 Å². The second-order valence-electron chi connectivity index (χ2n) is 6.58. The average Bonchev–Trinajstić information content (AvgIpc) is 2.61. The Morgan fingerprint density at radius 3 is 3.00 bits per heavy atom. The molecule has 0 fully saturated rings. The number of nitrogens with one attached hydrogen (secondary N) is 1. The van der Waals surface area contributed by atoms with Crippen molar-refractivity contribution >= 4 is 16.7 Å². The molecule has 134 valence electrons. The lowest BCUT2D eigenvalue weighted by Gasteiger charge is -2.26. The van der Waals surface area contributed by atoms with Gasteiger partial charge in [0.05, 0.1) is 18.0 Å². The number of hydrogen-bond donors (Lipinski definition) is 2. The Labute approximate surface area is 150 Å². The van der Waals surface area contributed by atoms with Gasteiger partial charge >= 0.3 is 0 Å². The van der Waals surface area contributed by atoms with Crippen molar-refractivity contribution in [1.82, 2.24) is 15.0 Å². The molecule has 7 heteroatoms. The molecule has 0 bridgehead atoms. The molecule has 1 aromatic carbocycles. The standard InChI is InChI=1S/C19H20N4O3/c1-23-5-3-4-12-6-11(10-20-18(12)23)7-17-21-14-9-15(24)16(26-2)8-13(14)19(25)22-17/h6,8-10,24H,3-5,7H2,1-2H3,(H,21,22,25). The number of methoxy groups -OCH3 is 1. The Bertz CT molecular complexity index is 1040. The predicted molar refractivity (Wildman–Crippen MR) is 99.2 cm³/mol. The predicted octanol–water partition coefficient (Wildman–Crippen LogP) is 2.01. The molecule has 0 amide bonds. The maximum Gasteiger partial charge on any atom is 0.258 e. The lowest BCUT2D eigenvalue weighted by Crippen LogP contribution is -2.26. The second-order valence-corrected chi connectivity index (χ2v) is 6.58. The molecule has 0 unspecified atom stereocenters. The van der Waals surface area contributed by atoms with Crippen LogP contribution in [-0.4, -0.2) is 40.8 Å². The molecular weight excluding hydrogens is 332 g/mol. The summed E-state index contributed by atoms with van der Waals surface area (Å²) in [6, 6.07) is 5.08. The number of aryl methyl sites for hydroxylation is 1. The largest absolute Gasteiger partial charge is 0.504 e. The Kier molecular flexibility index (Phi) is 3.99. The van der Waals surface area contributed by atoms with E-state index in [0.29, 0.717) is 23.1 Å². The minimum atomic E-state index is -0.256. The Balaban J connectivity index is 1.70. The third-order valence-electron chi connectivity index (χ3n) is 4.73. The lowest BCUT2D eigenvalue weighted by molar-refractivity contribution is 0.374. The summed E-state index contributed by atoms with van der Waals surface area (Å²) in [7, 11) is 3.49. The summed E-state index contributed by atoms with van der Waals surface area (Å²) in [6.45, 7) is 1.02. The summed E-state index contributed by atoms with van der Waals surface area (Å²) in [4.78, 5) is 26.4. The fourth-order valence-corrected chi connectivity index (χ4v) is 3.43. The van der Waals surface area contributed by atoms with Crippen molar-refractivity contribution in [3.05, 3.63) is 51.7 Å². The van der Waals surface area contributed by atoms with Gasteiger partial charge in [-0.05, 0) is 30.0 Å². The van der Waals surface area contributed by atoms with Gasteiger partial charge in [0.15, 0.2) is 11.5 Å². The zero-order valence-corrected chi connectivity index (χ0v) is 14.7. The Morgan fingerprint density at radius 2 is 2.19 bits per heavy atom. The molecule has 1 aliphatic heterocycles. The molecule has 26 heavy (non-hydrogen) atoms. The molecule has 3 aromatic rings. The summed E-state index contributed by atoms with van der Waals surface area (Å²) in [6.07, 6.45) is 4.43. The number of rotatable bonds is 3. The van der Waals surface area contributed by atoms with Gasteiger partial charge in [-0.2, -0.15) is 0 Å². The minimum Gasteiger partial charge on any atom is -0.504 e. The number of benzene rings is 1. The monoisotopic (exact) mass is 352 g/mol. The number of anilines is 1. The SMILES string of the molecule is COc1cc2c(=O)[nH]c(Cc3cnc4c(c3)CCCN4C)nc2cc1O. The minimum absolute atomic E-state index is 0.0393. The molecule has 0 atom stereocenters. The molecule has 2 aromatic heterocycles. The molecule has 0 saturated carbocycles. The first kappa shape index (κ1) is 16.4. The van der Waals surface area contributed by atoms with Crippen molar-refractivity contribution in [1.29, 1.82) is 0 Å². The maximum atomic E-state index is 12.4. The zero-order chi connectivity index (χ0) is 18.3. The highest BCUT2D eigenvalue weighted by Crippen LogP contribution is 2.29. The number of ether oxygens (including phenoxy) is 1. The van der Waals surface area contributed by atoms with Crippen LogP contribution in [0.5, 0.6) is 11.5 Å². The van der Waals surface area contributed by atoms with E-state index < -0.39 is 0 Å². The molecule has 0 aliphatic carbocycles. The van der Waals surface area contributed by atoms with Crippen LogP contribution in [0.2, 0.25) is 0 Å². The molecule has 0 radical (unpaired) electrons. The number of phenolic OH excluding ortho intramolecular Hbond substituents is 1. The van der Waals surface area contributed by atoms with E-state index in [0.717, 1.165) is 30.8 Å². The average molecular weight is 352 g/mol. The third kappa shape index (κ3) is 2.85. The number of pyridine rings is 1. The highest BCUT2D eigenvalue weighted by atomic mass is 16.5. The first-order chi connectivity index (χ1) is 12.5. The number of phenols is 1. The lowest BCUT2D eigenvalue weighted by atomic mass is 10.0. The highest BCUT2D eigenvalue weighted by molar-refractivity contribution is 5.81. The van der Waals surface area contributed by atoms with Gasteiger partial charge in [0.25, 0.3) is 5.56 Å². The van der Waals surface area contributed by atoms with E-state index in [4.69, 9.17) is 4.74 Å². The van der Waals surface area contributed by atoms with E-state index >= 15 is 0 Å². The number of aromatic nitrogens is 3. The van der Waals surface area contributed by atoms with Crippen LogP contribution in [0.4, 0.5) is 5.82 Å². The Hall–Kier alpha value is -3.09. The molecule has 0 spiro atoms. The summed E-state index contributed by atoms with van der Waals surface area (Å²) >= 11 is 0. The fraction of sp³-hybridized carbons (Fsp3) is 0.316. The van der Waals surface area contributed by atoms with Gasteiger partial charge in [-0.25, -0.2) is 9.97 Å². The summed E-state index contributed by atoms with van der Waals surface area (Å²) in [5.74, 6) is 1.78. The van der Waals surface area contributed by atoms with Crippen molar-refractivity contribution in [2.24, 2.45) is 0 Å². The first-order valence-corrected chi connectivity index (χ1v) is 8.54. The number of hydrogen-bond acceptors (Lipinski definition) is 6. The zero-order valence-electron chi connectivity index (χ0n) is 14.7. The van der Waals surface area contributed by atoms with Crippen LogP contribution < -0.4 is 15.2 Å². The third-order valence-corrected chi connectivity index (χ3v) is 4.73. The molecule has 0 saturated heterocycles. The maximum absolute atomic E-state index is 12.4. The van der Waals surface area contributed by atoms with Gasteiger partial charge in [-0.1, -0.05) is 6.07 Å². The topological polar surface area (TPSA) is 91.3 Å². The van der Waals surface area contributed by atoms with Gasteiger partial charge in [0.2, 0.25) is 0 Å². The van der Waals surface area contributed by atoms with Gasteiger partial charge < -0.3 is 19.7 Å². The second kappa shape index (κ2) is 6.33. The molecule has 7 nitrogen and oxygen atoms in total. The number of fused-ring (bicyclic) bond motifs is 2. The van der Waals surface area contributed by atoms with E-state index in [1.54, 1.807) is 0 Å². The van der Waals surface area contributed by atoms with Crippen molar-refractivity contribution in [2.45, 2.75) is 19.3 Å². The van der Waals surface area contributed by atoms with Crippen LogP contribution in [0.25, 0.3) is 10.9 Å². The van der Waals surface area contributed by atoms with Crippen molar-refractivity contribution in [3.8, 4) is 11.5 Å². The van der Waals surface area contributed by atoms with Gasteiger partial charge in [0.1, 0.15) is 11.6 Å². The van der Waals surface area contributed by atoms with Gasteiger partial charge in [-0.15, -0.1) is 0 Å². The summed E-state index contributed by atoms with van der Waals surface area (Å²) < 4.78 is 5.05. The molecule has 1 aliphatic rings.